The molecule has 0 amide bonds. The predicted molar refractivity (Wildman–Crippen MR) is 51.0 cm³/mol. The van der Waals surface area contributed by atoms with Crippen molar-refractivity contribution in [2.45, 2.75) is 12.8 Å². The minimum absolute atomic E-state index is 0.777. The third kappa shape index (κ3) is 1.82. The quantitative estimate of drug-likeness (QED) is 0.686. The molecule has 2 N–H and O–H groups in total. The molecule has 1 aromatic heterocycles. The first-order chi connectivity index (χ1) is 5.86. The van der Waals surface area contributed by atoms with Gasteiger partial charge in [0.1, 0.15) is 4.99 Å². The zero-order valence-corrected chi connectivity index (χ0v) is 7.53. The minimum Gasteiger partial charge on any atom is -0.374 e. The monoisotopic (exact) mass is 181 g/mol. The molecule has 64 valence electrons. The summed E-state index contributed by atoms with van der Waals surface area (Å²) in [6, 6.07) is 1.88. The lowest BCUT2D eigenvalue weighted by atomic mass is 10.4. The van der Waals surface area contributed by atoms with Crippen LogP contribution in [-0.4, -0.2) is 21.7 Å². The molecule has 2 rings (SSSR count). The summed E-state index contributed by atoms with van der Waals surface area (Å²) in [5.74, 6) is 0.853. The summed E-state index contributed by atoms with van der Waals surface area (Å²) < 4.78 is 0. The summed E-state index contributed by atoms with van der Waals surface area (Å²) >= 11 is 5.14. The third-order valence-electron chi connectivity index (χ3n) is 1.99. The highest BCUT2D eigenvalue weighted by atomic mass is 32.1. The van der Waals surface area contributed by atoms with Crippen molar-refractivity contribution in [2.24, 2.45) is 5.92 Å². The van der Waals surface area contributed by atoms with E-state index in [1.807, 2.05) is 6.07 Å². The Bertz CT molecular complexity index is 264. The van der Waals surface area contributed by atoms with Crippen LogP contribution in [0, 0.1) is 5.92 Å². The van der Waals surface area contributed by atoms with Gasteiger partial charge in [-0.05, 0) is 24.8 Å². The second-order valence-corrected chi connectivity index (χ2v) is 3.53. The van der Waals surface area contributed by atoms with Gasteiger partial charge in [-0.3, -0.25) is 5.10 Å². The molecule has 0 spiro atoms. The van der Waals surface area contributed by atoms with Gasteiger partial charge in [-0.2, -0.15) is 5.10 Å². The second kappa shape index (κ2) is 3.23. The molecule has 0 unspecified atom stereocenters. The largest absolute Gasteiger partial charge is 0.374 e. The topological polar surface area (TPSA) is 40.7 Å². The number of hydrogen-bond donors (Lipinski definition) is 2. The van der Waals surface area contributed by atoms with Crippen LogP contribution in [-0.2, 0) is 0 Å². The van der Waals surface area contributed by atoms with Crippen LogP contribution in [0.15, 0.2) is 12.3 Å². The average Bonchev–Trinajstić information content (AvgIpc) is 2.74. The van der Waals surface area contributed by atoms with E-state index >= 15 is 0 Å². The molecule has 0 aromatic carbocycles. The number of nitrogens with zero attached hydrogens (tertiary/aromatic N) is 1. The molecule has 0 radical (unpaired) electrons. The van der Waals surface area contributed by atoms with Crippen molar-refractivity contribution in [2.75, 3.05) is 6.54 Å². The highest BCUT2D eigenvalue weighted by molar-refractivity contribution is 7.80. The van der Waals surface area contributed by atoms with Crippen LogP contribution in [0.1, 0.15) is 18.5 Å². The number of H-pyrrole nitrogens is 1. The highest BCUT2D eigenvalue weighted by Gasteiger charge is 2.21. The Balaban J connectivity index is 1.83. The maximum absolute atomic E-state index is 5.14. The molecule has 0 saturated heterocycles. The lowest BCUT2D eigenvalue weighted by Gasteiger charge is -2.03. The van der Waals surface area contributed by atoms with Gasteiger partial charge in [-0.25, -0.2) is 0 Å². The average molecular weight is 181 g/mol. The van der Waals surface area contributed by atoms with Crippen LogP contribution in [0.3, 0.4) is 0 Å². The fourth-order valence-corrected chi connectivity index (χ4v) is 1.23. The van der Waals surface area contributed by atoms with E-state index in [9.17, 15) is 0 Å². The molecule has 1 fully saturated rings. The summed E-state index contributed by atoms with van der Waals surface area (Å²) in [5, 5.41) is 9.87. The van der Waals surface area contributed by atoms with Crippen molar-refractivity contribution in [3.05, 3.63) is 18.0 Å². The Morgan fingerprint density at radius 3 is 3.17 bits per heavy atom. The van der Waals surface area contributed by atoms with E-state index in [-0.39, 0.29) is 0 Å². The zero-order valence-electron chi connectivity index (χ0n) is 6.71. The zero-order chi connectivity index (χ0) is 8.39. The van der Waals surface area contributed by atoms with E-state index in [4.69, 9.17) is 12.2 Å². The third-order valence-corrected chi connectivity index (χ3v) is 2.36. The first-order valence-corrected chi connectivity index (χ1v) is 4.54. The van der Waals surface area contributed by atoms with Crippen molar-refractivity contribution < 1.29 is 0 Å². The Labute approximate surface area is 76.6 Å². The number of aromatic nitrogens is 2. The van der Waals surface area contributed by atoms with Crippen molar-refractivity contribution in [3.8, 4) is 0 Å². The van der Waals surface area contributed by atoms with Crippen molar-refractivity contribution in [3.63, 3.8) is 0 Å². The molecule has 3 nitrogen and oxygen atoms in total. The Morgan fingerprint density at radius 1 is 1.75 bits per heavy atom. The van der Waals surface area contributed by atoms with Gasteiger partial charge >= 0.3 is 0 Å². The van der Waals surface area contributed by atoms with Crippen LogP contribution in [0.4, 0.5) is 0 Å². The van der Waals surface area contributed by atoms with Crippen LogP contribution in [0.2, 0.25) is 0 Å². The van der Waals surface area contributed by atoms with E-state index in [1.165, 1.54) is 12.8 Å². The molecular formula is C8H11N3S. The van der Waals surface area contributed by atoms with Crippen molar-refractivity contribution in [1.82, 2.24) is 15.5 Å². The smallest absolute Gasteiger partial charge is 0.124 e. The minimum atomic E-state index is 0.777. The maximum Gasteiger partial charge on any atom is 0.124 e. The molecule has 1 saturated carbocycles. The summed E-state index contributed by atoms with van der Waals surface area (Å²) in [5.41, 5.74) is 0.908. The van der Waals surface area contributed by atoms with Gasteiger partial charge < -0.3 is 5.32 Å². The Hall–Kier alpha value is -0.900. The van der Waals surface area contributed by atoms with Crippen LogP contribution >= 0.6 is 12.2 Å². The normalized spacial score (nSPS) is 16.0. The molecule has 1 aromatic rings. The van der Waals surface area contributed by atoms with Crippen LogP contribution in [0.5, 0.6) is 0 Å². The number of rotatable bonds is 3. The molecule has 0 aliphatic heterocycles. The molecule has 0 atom stereocenters. The van der Waals surface area contributed by atoms with Gasteiger partial charge in [0.2, 0.25) is 0 Å². The van der Waals surface area contributed by atoms with E-state index in [1.54, 1.807) is 6.20 Å². The highest BCUT2D eigenvalue weighted by Crippen LogP contribution is 2.27. The fourth-order valence-electron chi connectivity index (χ4n) is 1.04. The summed E-state index contributed by atoms with van der Waals surface area (Å²) in [6.07, 6.45) is 4.40. The number of thiocarbonyl (C=S) groups is 1. The Morgan fingerprint density at radius 2 is 2.58 bits per heavy atom. The van der Waals surface area contributed by atoms with E-state index in [0.29, 0.717) is 0 Å². The number of hydrogen-bond acceptors (Lipinski definition) is 2. The first-order valence-electron chi connectivity index (χ1n) is 4.14. The van der Waals surface area contributed by atoms with Crippen molar-refractivity contribution in [1.29, 1.82) is 0 Å². The van der Waals surface area contributed by atoms with Gasteiger partial charge in [-0.15, -0.1) is 0 Å². The van der Waals surface area contributed by atoms with Crippen molar-refractivity contribution >= 4 is 17.2 Å². The summed E-state index contributed by atoms with van der Waals surface area (Å²) in [6.45, 7) is 1.01. The van der Waals surface area contributed by atoms with Gasteiger partial charge in [-0.1, -0.05) is 12.2 Å². The predicted octanol–water partition coefficient (Wildman–Crippen LogP) is 1.08. The number of aromatic amines is 1. The summed E-state index contributed by atoms with van der Waals surface area (Å²) in [4.78, 5) is 0.777. The molecule has 12 heavy (non-hydrogen) atoms. The molecule has 0 bridgehead atoms. The molecule has 1 aliphatic carbocycles. The maximum atomic E-state index is 5.14. The van der Waals surface area contributed by atoms with E-state index < -0.39 is 0 Å². The molecule has 1 aliphatic rings. The Kier molecular flexibility index (Phi) is 2.08. The van der Waals surface area contributed by atoms with Gasteiger partial charge in [0.05, 0.1) is 5.69 Å². The second-order valence-electron chi connectivity index (χ2n) is 3.12. The SMILES string of the molecule is S=C(NCC1CC1)c1ccn[nH]1. The molecule has 1 heterocycles. The van der Waals surface area contributed by atoms with E-state index in [2.05, 4.69) is 15.5 Å². The van der Waals surface area contributed by atoms with E-state index in [0.717, 1.165) is 23.1 Å². The summed E-state index contributed by atoms with van der Waals surface area (Å²) in [7, 11) is 0. The molecular weight excluding hydrogens is 170 g/mol. The lowest BCUT2D eigenvalue weighted by Crippen LogP contribution is -2.24. The standard InChI is InChI=1S/C8H11N3S/c12-8(7-3-4-10-11-7)9-5-6-1-2-6/h3-4,6H,1-2,5H2,(H,9,12)(H,10,11). The van der Waals surface area contributed by atoms with Crippen LogP contribution < -0.4 is 5.32 Å². The first kappa shape index (κ1) is 7.73. The fraction of sp³-hybridized carbons (Fsp3) is 0.500. The van der Waals surface area contributed by atoms with Gasteiger partial charge in [0.25, 0.3) is 0 Å². The lowest BCUT2D eigenvalue weighted by molar-refractivity contribution is 0.777. The van der Waals surface area contributed by atoms with Gasteiger partial charge in [0, 0.05) is 12.7 Å². The van der Waals surface area contributed by atoms with Gasteiger partial charge in [0.15, 0.2) is 0 Å². The molecule has 4 heteroatoms. The van der Waals surface area contributed by atoms with Crippen LogP contribution in [0.25, 0.3) is 0 Å². The number of nitrogens with one attached hydrogen (secondary N) is 2.